The van der Waals surface area contributed by atoms with Gasteiger partial charge in [0.25, 0.3) is 0 Å². The highest BCUT2D eigenvalue weighted by Crippen LogP contribution is 2.33. The average molecular weight is 264 g/mol. The van der Waals surface area contributed by atoms with E-state index in [0.717, 1.165) is 0 Å². The Hall–Kier alpha value is -3.43. The maximum atomic E-state index is 9.08. The van der Waals surface area contributed by atoms with Crippen molar-refractivity contribution in [1.82, 2.24) is 0 Å². The van der Waals surface area contributed by atoms with E-state index in [2.05, 4.69) is 0 Å². The van der Waals surface area contributed by atoms with Gasteiger partial charge in [0.05, 0.1) is 11.3 Å². The summed E-state index contributed by atoms with van der Waals surface area (Å²) in [5.74, 6) is 1.19. The Bertz CT molecular complexity index is 726. The Morgan fingerprint density at radius 3 is 2.45 bits per heavy atom. The fourth-order valence-corrected chi connectivity index (χ4v) is 1.62. The van der Waals surface area contributed by atoms with Crippen LogP contribution >= 0.6 is 0 Å². The number of nitrogens with zero attached hydrogens (tertiary/aromatic N) is 3. The van der Waals surface area contributed by atoms with Gasteiger partial charge in [-0.1, -0.05) is 6.07 Å². The molecule has 1 heterocycles. The fraction of sp³-hybridized carbons (Fsp3) is 0.0714. The summed E-state index contributed by atoms with van der Waals surface area (Å²) < 4.78 is 10.4. The summed E-state index contributed by atoms with van der Waals surface area (Å²) in [6.45, 7) is 0.155. The normalized spacial score (nSPS) is 11.9. The van der Waals surface area contributed by atoms with Crippen LogP contribution in [-0.4, -0.2) is 6.79 Å². The lowest BCUT2D eigenvalue weighted by Gasteiger charge is -2.01. The van der Waals surface area contributed by atoms with Crippen molar-refractivity contribution in [2.24, 2.45) is 5.73 Å². The second kappa shape index (κ2) is 5.48. The van der Waals surface area contributed by atoms with E-state index in [1.54, 1.807) is 30.3 Å². The Labute approximate surface area is 115 Å². The van der Waals surface area contributed by atoms with E-state index >= 15 is 0 Å². The summed E-state index contributed by atoms with van der Waals surface area (Å²) in [7, 11) is 0. The first-order valence-electron chi connectivity index (χ1n) is 5.51. The predicted molar refractivity (Wildman–Crippen MR) is 68.6 cm³/mol. The van der Waals surface area contributed by atoms with Gasteiger partial charge in [-0.15, -0.1) is 0 Å². The molecule has 6 heteroatoms. The first kappa shape index (κ1) is 13.0. The number of nitriles is 3. The highest BCUT2D eigenvalue weighted by Gasteiger charge is 2.13. The first-order chi connectivity index (χ1) is 9.69. The van der Waals surface area contributed by atoms with Gasteiger partial charge < -0.3 is 15.2 Å². The summed E-state index contributed by atoms with van der Waals surface area (Å²) in [6.07, 6.45) is 1.48. The van der Waals surface area contributed by atoms with Gasteiger partial charge in [0, 0.05) is 0 Å². The molecule has 0 saturated carbocycles. The summed E-state index contributed by atoms with van der Waals surface area (Å²) in [6, 6.07) is 10.3. The number of ether oxygens (including phenoxy) is 2. The standard InChI is InChI=1S/C14H8N4O2/c15-5-10(14(18)11(6-16)7-17)3-9-1-2-12-13(4-9)20-8-19-12/h1-4H,8,18H2/b10-3+. The third kappa shape index (κ3) is 2.38. The molecular formula is C14H8N4O2. The van der Waals surface area contributed by atoms with Gasteiger partial charge in [-0.2, -0.15) is 15.8 Å². The van der Waals surface area contributed by atoms with Gasteiger partial charge in [-0.05, 0) is 23.8 Å². The lowest BCUT2D eigenvalue weighted by atomic mass is 10.1. The second-order valence-electron chi connectivity index (χ2n) is 3.79. The summed E-state index contributed by atoms with van der Waals surface area (Å²) >= 11 is 0. The zero-order valence-corrected chi connectivity index (χ0v) is 10.3. The minimum atomic E-state index is -0.293. The largest absolute Gasteiger partial charge is 0.454 e. The van der Waals surface area contributed by atoms with E-state index in [1.165, 1.54) is 6.08 Å². The zero-order chi connectivity index (χ0) is 14.5. The van der Waals surface area contributed by atoms with Crippen LogP contribution in [0.5, 0.6) is 11.5 Å². The van der Waals surface area contributed by atoms with Gasteiger partial charge >= 0.3 is 0 Å². The van der Waals surface area contributed by atoms with Crippen LogP contribution in [0.4, 0.5) is 0 Å². The molecular weight excluding hydrogens is 256 g/mol. The summed E-state index contributed by atoms with van der Waals surface area (Å²) in [5.41, 5.74) is 5.91. The van der Waals surface area contributed by atoms with Gasteiger partial charge in [0.15, 0.2) is 17.1 Å². The van der Waals surface area contributed by atoms with Gasteiger partial charge in [0.2, 0.25) is 6.79 Å². The van der Waals surface area contributed by atoms with Crippen LogP contribution in [0.2, 0.25) is 0 Å². The molecule has 0 spiro atoms. The molecule has 0 aromatic heterocycles. The molecule has 0 radical (unpaired) electrons. The Morgan fingerprint density at radius 2 is 1.80 bits per heavy atom. The number of nitrogens with two attached hydrogens (primary N) is 1. The summed E-state index contributed by atoms with van der Waals surface area (Å²) in [4.78, 5) is 0. The van der Waals surface area contributed by atoms with E-state index < -0.39 is 0 Å². The van der Waals surface area contributed by atoms with Crippen LogP contribution in [0.3, 0.4) is 0 Å². The van der Waals surface area contributed by atoms with E-state index in [9.17, 15) is 0 Å². The molecule has 0 amide bonds. The molecule has 20 heavy (non-hydrogen) atoms. The van der Waals surface area contributed by atoms with E-state index in [1.807, 2.05) is 6.07 Å². The molecule has 0 saturated heterocycles. The number of benzene rings is 1. The first-order valence-corrected chi connectivity index (χ1v) is 5.51. The molecule has 96 valence electrons. The van der Waals surface area contributed by atoms with Gasteiger partial charge in [0.1, 0.15) is 18.2 Å². The Balaban J connectivity index is 2.44. The highest BCUT2D eigenvalue weighted by atomic mass is 16.7. The number of fused-ring (bicyclic) bond motifs is 1. The fourth-order valence-electron chi connectivity index (χ4n) is 1.62. The van der Waals surface area contributed by atoms with Crippen LogP contribution in [0.1, 0.15) is 5.56 Å². The lowest BCUT2D eigenvalue weighted by Crippen LogP contribution is -2.03. The topological polar surface area (TPSA) is 116 Å². The van der Waals surface area contributed by atoms with Crippen molar-refractivity contribution in [2.45, 2.75) is 0 Å². The number of allylic oxidation sites excluding steroid dienone is 2. The average Bonchev–Trinajstić information content (AvgIpc) is 2.93. The molecule has 0 atom stereocenters. The van der Waals surface area contributed by atoms with Crippen molar-refractivity contribution in [3.63, 3.8) is 0 Å². The van der Waals surface area contributed by atoms with Crippen LogP contribution < -0.4 is 15.2 Å². The van der Waals surface area contributed by atoms with E-state index in [4.69, 9.17) is 31.0 Å². The van der Waals surface area contributed by atoms with Gasteiger partial charge in [-0.25, -0.2) is 0 Å². The third-order valence-electron chi connectivity index (χ3n) is 2.61. The number of rotatable bonds is 2. The molecule has 0 aliphatic carbocycles. The molecule has 1 aliphatic heterocycles. The number of hydrogen-bond acceptors (Lipinski definition) is 6. The maximum Gasteiger partial charge on any atom is 0.231 e. The molecule has 0 unspecified atom stereocenters. The van der Waals surface area contributed by atoms with Crippen molar-refractivity contribution < 1.29 is 9.47 Å². The van der Waals surface area contributed by atoms with E-state index in [0.29, 0.717) is 17.1 Å². The highest BCUT2D eigenvalue weighted by molar-refractivity contribution is 5.67. The van der Waals surface area contributed by atoms with Crippen LogP contribution in [0, 0.1) is 34.0 Å². The smallest absolute Gasteiger partial charge is 0.231 e. The summed E-state index contributed by atoms with van der Waals surface area (Å²) in [5, 5.41) is 26.6. The molecule has 6 nitrogen and oxygen atoms in total. The van der Waals surface area contributed by atoms with Crippen molar-refractivity contribution in [1.29, 1.82) is 15.8 Å². The number of hydrogen-bond donors (Lipinski definition) is 1. The molecule has 0 bridgehead atoms. The quantitative estimate of drug-likeness (QED) is 0.640. The van der Waals surface area contributed by atoms with Crippen molar-refractivity contribution >= 4 is 6.08 Å². The van der Waals surface area contributed by atoms with Crippen molar-refractivity contribution in [3.05, 3.63) is 40.6 Å². The Kier molecular flexibility index (Phi) is 3.56. The molecule has 1 aromatic carbocycles. The van der Waals surface area contributed by atoms with Gasteiger partial charge in [-0.3, -0.25) is 0 Å². The monoisotopic (exact) mass is 264 g/mol. The molecule has 1 aromatic rings. The molecule has 2 rings (SSSR count). The van der Waals surface area contributed by atoms with E-state index in [-0.39, 0.29) is 23.6 Å². The zero-order valence-electron chi connectivity index (χ0n) is 10.3. The minimum Gasteiger partial charge on any atom is -0.454 e. The van der Waals surface area contributed by atoms with Crippen LogP contribution in [-0.2, 0) is 0 Å². The third-order valence-corrected chi connectivity index (χ3v) is 2.61. The Morgan fingerprint density at radius 1 is 1.10 bits per heavy atom. The molecule has 1 aliphatic rings. The predicted octanol–water partition coefficient (Wildman–Crippen LogP) is 1.58. The minimum absolute atomic E-state index is 0.0435. The van der Waals surface area contributed by atoms with Crippen molar-refractivity contribution in [3.8, 4) is 29.7 Å². The maximum absolute atomic E-state index is 9.08. The van der Waals surface area contributed by atoms with Crippen molar-refractivity contribution in [2.75, 3.05) is 6.79 Å². The van der Waals surface area contributed by atoms with Crippen LogP contribution in [0.25, 0.3) is 6.08 Å². The second-order valence-corrected chi connectivity index (χ2v) is 3.79. The molecule has 0 fully saturated rings. The SMILES string of the molecule is N#CC(C#N)=C(N)/C(C#N)=C/c1ccc2c(c1)OCO2. The van der Waals surface area contributed by atoms with Crippen LogP contribution in [0.15, 0.2) is 35.0 Å². The molecule has 2 N–H and O–H groups in total. The lowest BCUT2D eigenvalue weighted by molar-refractivity contribution is 0.174.